The highest BCUT2D eigenvalue weighted by molar-refractivity contribution is 7.90. The summed E-state index contributed by atoms with van der Waals surface area (Å²) in [5.41, 5.74) is 3.26. The molecule has 2 saturated carbocycles. The van der Waals surface area contributed by atoms with Gasteiger partial charge in [-0.25, -0.2) is 0 Å². The molecule has 1 spiro atoms. The fourth-order valence-electron chi connectivity index (χ4n) is 5.20. The molecule has 0 aromatic heterocycles. The largest absolute Gasteiger partial charge is 0.364 e. The SMILES string of the molecule is CS(=O)(=O)[N+]1(c2ccccc2)C=C(N2CC3(CCCC3)C2)C(C2CCC2)=N1. The van der Waals surface area contributed by atoms with Gasteiger partial charge in [-0.15, -0.1) is 0 Å². The monoisotopic (exact) mass is 386 g/mol. The normalized spacial score (nSPS) is 30.0. The Bertz CT molecular complexity index is 904. The van der Waals surface area contributed by atoms with E-state index in [-0.39, 0.29) is 0 Å². The van der Waals surface area contributed by atoms with Crippen LogP contribution in [0.3, 0.4) is 0 Å². The molecule has 3 fully saturated rings. The first kappa shape index (κ1) is 17.4. The molecule has 1 aromatic rings. The third-order valence-electron chi connectivity index (χ3n) is 7.00. The summed E-state index contributed by atoms with van der Waals surface area (Å²) in [6.45, 7) is 2.12. The van der Waals surface area contributed by atoms with Crippen molar-refractivity contribution in [1.29, 1.82) is 0 Å². The number of nitrogens with zero attached hydrogens (tertiary/aromatic N) is 3. The Morgan fingerprint density at radius 1 is 1.07 bits per heavy atom. The topological polar surface area (TPSA) is 49.7 Å². The molecule has 0 radical (unpaired) electrons. The predicted molar refractivity (Wildman–Crippen MR) is 108 cm³/mol. The Labute approximate surface area is 162 Å². The van der Waals surface area contributed by atoms with Gasteiger partial charge in [-0.3, -0.25) is 0 Å². The van der Waals surface area contributed by atoms with Crippen molar-refractivity contribution in [2.45, 2.75) is 44.9 Å². The number of para-hydroxylation sites is 1. The second-order valence-corrected chi connectivity index (χ2v) is 10.9. The van der Waals surface area contributed by atoms with Crippen LogP contribution in [0.4, 0.5) is 5.69 Å². The van der Waals surface area contributed by atoms with E-state index in [1.54, 1.807) is 0 Å². The van der Waals surface area contributed by atoms with Crippen LogP contribution < -0.4 is 4.00 Å². The van der Waals surface area contributed by atoms with E-state index in [2.05, 4.69) is 4.90 Å². The molecule has 6 heteroatoms. The summed E-state index contributed by atoms with van der Waals surface area (Å²) in [6.07, 6.45) is 12.0. The van der Waals surface area contributed by atoms with Crippen molar-refractivity contribution in [3.63, 3.8) is 0 Å². The number of sulfonamides is 1. The molecule has 1 atom stereocenters. The first-order chi connectivity index (χ1) is 12.9. The second-order valence-electron chi connectivity index (χ2n) is 8.88. The highest BCUT2D eigenvalue weighted by atomic mass is 32.2. The Kier molecular flexibility index (Phi) is 3.82. The Balaban J connectivity index is 1.58. The minimum atomic E-state index is -3.50. The van der Waals surface area contributed by atoms with Crippen LogP contribution in [0.2, 0.25) is 0 Å². The molecule has 0 bridgehead atoms. The van der Waals surface area contributed by atoms with Gasteiger partial charge >= 0.3 is 10.0 Å². The van der Waals surface area contributed by atoms with Crippen molar-refractivity contribution in [3.8, 4) is 0 Å². The lowest BCUT2D eigenvalue weighted by Crippen LogP contribution is -2.55. The highest BCUT2D eigenvalue weighted by Crippen LogP contribution is 2.49. The van der Waals surface area contributed by atoms with Crippen LogP contribution >= 0.6 is 0 Å². The lowest BCUT2D eigenvalue weighted by molar-refractivity contribution is 0.0403. The molecule has 27 heavy (non-hydrogen) atoms. The van der Waals surface area contributed by atoms with Gasteiger partial charge in [0, 0.05) is 36.6 Å². The summed E-state index contributed by atoms with van der Waals surface area (Å²) in [7, 11) is -3.50. The summed E-state index contributed by atoms with van der Waals surface area (Å²) in [5.74, 6) is 0.404. The van der Waals surface area contributed by atoms with E-state index in [1.165, 1.54) is 38.4 Å². The van der Waals surface area contributed by atoms with Gasteiger partial charge in [-0.1, -0.05) is 42.6 Å². The number of benzene rings is 1. The molecule has 2 heterocycles. The minimum absolute atomic E-state index is 0.404. The summed E-state index contributed by atoms with van der Waals surface area (Å²) in [4.78, 5) is 2.40. The van der Waals surface area contributed by atoms with E-state index in [0.29, 0.717) is 17.0 Å². The van der Waals surface area contributed by atoms with Crippen molar-refractivity contribution in [2.75, 3.05) is 19.3 Å². The maximum atomic E-state index is 13.0. The number of allylic oxidation sites excluding steroid dienone is 1. The molecule has 5 rings (SSSR count). The fourth-order valence-corrected chi connectivity index (χ4v) is 6.23. The van der Waals surface area contributed by atoms with Crippen LogP contribution in [0, 0.1) is 11.3 Å². The zero-order valence-corrected chi connectivity index (χ0v) is 16.8. The highest BCUT2D eigenvalue weighted by Gasteiger charge is 2.53. The summed E-state index contributed by atoms with van der Waals surface area (Å²) < 4.78 is 25.5. The molecule has 2 aliphatic heterocycles. The van der Waals surface area contributed by atoms with E-state index in [1.807, 2.05) is 36.5 Å². The van der Waals surface area contributed by atoms with E-state index in [9.17, 15) is 8.42 Å². The third-order valence-corrected chi connectivity index (χ3v) is 8.41. The molecule has 1 unspecified atom stereocenters. The van der Waals surface area contributed by atoms with E-state index >= 15 is 0 Å². The van der Waals surface area contributed by atoms with Crippen molar-refractivity contribution in [1.82, 2.24) is 8.90 Å². The van der Waals surface area contributed by atoms with E-state index in [0.717, 1.165) is 37.3 Å². The van der Waals surface area contributed by atoms with Gasteiger partial charge in [-0.2, -0.15) is 8.42 Å². The van der Waals surface area contributed by atoms with Crippen molar-refractivity contribution in [3.05, 3.63) is 42.2 Å². The summed E-state index contributed by atoms with van der Waals surface area (Å²) in [6, 6.07) is 9.44. The van der Waals surface area contributed by atoms with Gasteiger partial charge in [0.2, 0.25) is 0 Å². The van der Waals surface area contributed by atoms with Gasteiger partial charge in [0.15, 0.2) is 11.9 Å². The van der Waals surface area contributed by atoms with Crippen LogP contribution in [0.15, 0.2) is 47.3 Å². The van der Waals surface area contributed by atoms with Gasteiger partial charge < -0.3 is 4.90 Å². The predicted octanol–water partition coefficient (Wildman–Crippen LogP) is 3.84. The molecule has 4 aliphatic rings. The lowest BCUT2D eigenvalue weighted by Gasteiger charge is -2.50. The third kappa shape index (κ3) is 2.60. The first-order valence-electron chi connectivity index (χ1n) is 10.2. The first-order valence-corrected chi connectivity index (χ1v) is 12.0. The summed E-state index contributed by atoms with van der Waals surface area (Å²) in [5, 5.41) is 4.91. The van der Waals surface area contributed by atoms with Crippen molar-refractivity contribution in [2.24, 2.45) is 16.4 Å². The number of quaternary nitrogens is 1. The zero-order valence-electron chi connectivity index (χ0n) is 16.0. The number of likely N-dealkylation sites (tertiary alicyclic amines) is 1. The molecule has 2 aliphatic carbocycles. The average molecular weight is 387 g/mol. The second kappa shape index (κ2) is 5.92. The fraction of sp³-hybridized carbons (Fsp3) is 0.571. The van der Waals surface area contributed by atoms with E-state index < -0.39 is 14.0 Å². The van der Waals surface area contributed by atoms with Crippen LogP contribution in [0.1, 0.15) is 44.9 Å². The molecular formula is C21H28N3O2S+. The number of rotatable bonds is 4. The Morgan fingerprint density at radius 2 is 1.74 bits per heavy atom. The van der Waals surface area contributed by atoms with Crippen molar-refractivity contribution >= 4 is 21.4 Å². The van der Waals surface area contributed by atoms with E-state index in [4.69, 9.17) is 5.10 Å². The molecule has 1 saturated heterocycles. The molecule has 0 amide bonds. The van der Waals surface area contributed by atoms with Crippen LogP contribution in [-0.4, -0.2) is 38.4 Å². The Hall–Kier alpha value is -1.66. The maximum absolute atomic E-state index is 13.0. The molecule has 1 aromatic carbocycles. The molecule has 144 valence electrons. The van der Waals surface area contributed by atoms with Gasteiger partial charge in [-0.05, 0) is 29.7 Å². The van der Waals surface area contributed by atoms with Gasteiger partial charge in [0.25, 0.3) is 0 Å². The standard InChI is InChI=1S/C21H28N3O2S/c1-27(25,26)24(18-10-3-2-4-11-18)14-19(20(22-24)17-8-7-9-17)23-15-21(16-23)12-5-6-13-21/h2-4,10-11,14,17H,5-9,12-13,15-16H2,1H3/q+1. The summed E-state index contributed by atoms with van der Waals surface area (Å²) >= 11 is 0. The van der Waals surface area contributed by atoms with Gasteiger partial charge in [0.1, 0.15) is 11.4 Å². The Morgan fingerprint density at radius 3 is 2.30 bits per heavy atom. The number of hydrogen-bond donors (Lipinski definition) is 0. The van der Waals surface area contributed by atoms with Crippen molar-refractivity contribution < 1.29 is 8.42 Å². The average Bonchev–Trinajstić information content (AvgIpc) is 3.18. The maximum Gasteiger partial charge on any atom is 0.328 e. The molecule has 0 N–H and O–H groups in total. The lowest BCUT2D eigenvalue weighted by atomic mass is 9.75. The number of hydrogen-bond acceptors (Lipinski definition) is 4. The van der Waals surface area contributed by atoms with Crippen LogP contribution in [0.5, 0.6) is 0 Å². The van der Waals surface area contributed by atoms with Crippen LogP contribution in [0.25, 0.3) is 0 Å². The molecule has 5 nitrogen and oxygen atoms in total. The van der Waals surface area contributed by atoms with Gasteiger partial charge in [0.05, 0.1) is 6.26 Å². The smallest absolute Gasteiger partial charge is 0.328 e. The zero-order chi connectivity index (χ0) is 18.7. The van der Waals surface area contributed by atoms with Crippen LogP contribution in [-0.2, 0) is 10.0 Å². The molecular weight excluding hydrogens is 358 g/mol. The quantitative estimate of drug-likeness (QED) is 0.739. The minimum Gasteiger partial charge on any atom is -0.364 e.